The number of rotatable bonds is 4. The van der Waals surface area contributed by atoms with Gasteiger partial charge in [0.15, 0.2) is 0 Å². The maximum atomic E-state index is 11.9. The minimum atomic E-state index is -0.764. The highest BCUT2D eigenvalue weighted by atomic mass is 35.5. The number of hydrogen-bond acceptors (Lipinski definition) is 3. The quantitative estimate of drug-likeness (QED) is 0.929. The third-order valence-electron chi connectivity index (χ3n) is 3.28. The number of aliphatic hydroxyl groups is 1. The Morgan fingerprint density at radius 1 is 1.45 bits per heavy atom. The first-order valence-electron chi connectivity index (χ1n) is 6.45. The van der Waals surface area contributed by atoms with Gasteiger partial charge in [-0.25, -0.2) is 0 Å². The molecule has 6 heteroatoms. The summed E-state index contributed by atoms with van der Waals surface area (Å²) in [6, 6.07) is 4.98. The fourth-order valence-electron chi connectivity index (χ4n) is 2.14. The van der Waals surface area contributed by atoms with E-state index in [0.29, 0.717) is 35.3 Å². The largest absolute Gasteiger partial charge is 0.493 e. The van der Waals surface area contributed by atoms with Gasteiger partial charge in [-0.1, -0.05) is 23.2 Å². The van der Waals surface area contributed by atoms with Gasteiger partial charge < -0.3 is 14.7 Å². The van der Waals surface area contributed by atoms with E-state index in [9.17, 15) is 9.90 Å². The third-order valence-corrected chi connectivity index (χ3v) is 4.02. The molecule has 1 aromatic rings. The number of ether oxygens (including phenoxy) is 1. The van der Waals surface area contributed by atoms with Crippen LogP contribution in [0.15, 0.2) is 18.2 Å². The van der Waals surface area contributed by atoms with E-state index in [1.807, 2.05) is 0 Å². The molecular weight excluding hydrogens is 301 g/mol. The van der Waals surface area contributed by atoms with E-state index in [4.69, 9.17) is 27.9 Å². The molecule has 1 amide bonds. The minimum absolute atomic E-state index is 0.0113. The molecule has 1 heterocycles. The fourth-order valence-corrected chi connectivity index (χ4v) is 2.43. The van der Waals surface area contributed by atoms with Crippen molar-refractivity contribution < 1.29 is 14.6 Å². The molecule has 20 heavy (non-hydrogen) atoms. The molecule has 1 aliphatic rings. The molecule has 2 rings (SSSR count). The molecular formula is C14H17Cl2NO3. The van der Waals surface area contributed by atoms with Crippen molar-refractivity contribution in [1.82, 2.24) is 4.90 Å². The van der Waals surface area contributed by atoms with Crippen molar-refractivity contribution in [2.75, 3.05) is 19.7 Å². The lowest BCUT2D eigenvalue weighted by Crippen LogP contribution is -2.34. The van der Waals surface area contributed by atoms with Gasteiger partial charge in [0.05, 0.1) is 28.7 Å². The maximum Gasteiger partial charge on any atom is 0.226 e. The molecule has 1 aliphatic heterocycles. The molecule has 1 unspecified atom stereocenters. The Hall–Kier alpha value is -0.970. The topological polar surface area (TPSA) is 49.8 Å². The number of β-amino-alcohol motifs (C(OH)–C–C–N with tert-alkyl or cyclic N) is 1. The molecule has 1 saturated heterocycles. The lowest BCUT2D eigenvalue weighted by molar-refractivity contribution is -0.131. The van der Waals surface area contributed by atoms with Crippen LogP contribution in [0.4, 0.5) is 0 Å². The molecule has 0 radical (unpaired) electrons. The smallest absolute Gasteiger partial charge is 0.226 e. The van der Waals surface area contributed by atoms with Crippen LogP contribution in [0.2, 0.25) is 10.0 Å². The van der Waals surface area contributed by atoms with Crippen LogP contribution in [0.3, 0.4) is 0 Å². The zero-order valence-electron chi connectivity index (χ0n) is 11.2. The van der Waals surface area contributed by atoms with E-state index >= 15 is 0 Å². The highest BCUT2D eigenvalue weighted by Gasteiger charge is 2.33. The Bertz CT molecular complexity index is 505. The van der Waals surface area contributed by atoms with Gasteiger partial charge in [-0.3, -0.25) is 4.79 Å². The van der Waals surface area contributed by atoms with Gasteiger partial charge in [0.1, 0.15) is 5.75 Å². The van der Waals surface area contributed by atoms with E-state index in [-0.39, 0.29) is 18.9 Å². The van der Waals surface area contributed by atoms with Crippen LogP contribution in [0.5, 0.6) is 5.75 Å². The lowest BCUT2D eigenvalue weighted by Gasteiger charge is -2.19. The standard InChI is InChI=1S/C14H17Cl2NO3/c1-14(19)5-6-17(9-14)13(18)4-7-20-10-2-3-11(15)12(16)8-10/h2-3,8,19H,4-7,9H2,1H3. The Kier molecular flexibility index (Phi) is 4.78. The summed E-state index contributed by atoms with van der Waals surface area (Å²) >= 11 is 11.7. The van der Waals surface area contributed by atoms with Gasteiger partial charge in [0.2, 0.25) is 5.91 Å². The van der Waals surface area contributed by atoms with Crippen LogP contribution in [0, 0.1) is 0 Å². The Balaban J connectivity index is 1.78. The van der Waals surface area contributed by atoms with Crippen molar-refractivity contribution in [3.05, 3.63) is 28.2 Å². The van der Waals surface area contributed by atoms with Gasteiger partial charge in [0, 0.05) is 19.2 Å². The predicted molar refractivity (Wildman–Crippen MR) is 78.4 cm³/mol. The number of amides is 1. The van der Waals surface area contributed by atoms with Crippen molar-refractivity contribution in [2.45, 2.75) is 25.4 Å². The first-order chi connectivity index (χ1) is 9.37. The molecule has 1 aromatic carbocycles. The van der Waals surface area contributed by atoms with E-state index in [2.05, 4.69) is 0 Å². The summed E-state index contributed by atoms with van der Waals surface area (Å²) in [5, 5.41) is 10.7. The highest BCUT2D eigenvalue weighted by molar-refractivity contribution is 6.42. The molecule has 4 nitrogen and oxygen atoms in total. The number of likely N-dealkylation sites (tertiary alicyclic amines) is 1. The van der Waals surface area contributed by atoms with Crippen LogP contribution in [0.25, 0.3) is 0 Å². The fraction of sp³-hybridized carbons (Fsp3) is 0.500. The van der Waals surface area contributed by atoms with Crippen molar-refractivity contribution in [3.63, 3.8) is 0 Å². The van der Waals surface area contributed by atoms with Gasteiger partial charge in [0.25, 0.3) is 0 Å². The molecule has 0 saturated carbocycles. The summed E-state index contributed by atoms with van der Waals surface area (Å²) in [6.07, 6.45) is 0.892. The zero-order chi connectivity index (χ0) is 14.8. The van der Waals surface area contributed by atoms with E-state index in [0.717, 1.165) is 0 Å². The average molecular weight is 318 g/mol. The summed E-state index contributed by atoms with van der Waals surface area (Å²) in [7, 11) is 0. The molecule has 1 atom stereocenters. The first kappa shape index (κ1) is 15.4. The second-order valence-electron chi connectivity index (χ2n) is 5.24. The normalized spacial score (nSPS) is 22.1. The van der Waals surface area contributed by atoms with Gasteiger partial charge in [-0.2, -0.15) is 0 Å². The van der Waals surface area contributed by atoms with E-state index < -0.39 is 5.60 Å². The van der Waals surface area contributed by atoms with Crippen LogP contribution in [-0.2, 0) is 4.79 Å². The predicted octanol–water partition coefficient (Wildman–Crippen LogP) is 2.75. The molecule has 0 bridgehead atoms. The average Bonchev–Trinajstić information content (AvgIpc) is 2.74. The molecule has 0 spiro atoms. The summed E-state index contributed by atoms with van der Waals surface area (Å²) < 4.78 is 5.47. The number of nitrogens with zero attached hydrogens (tertiary/aromatic N) is 1. The molecule has 0 aliphatic carbocycles. The number of halogens is 2. The van der Waals surface area contributed by atoms with Crippen LogP contribution in [0.1, 0.15) is 19.8 Å². The second-order valence-corrected chi connectivity index (χ2v) is 6.05. The lowest BCUT2D eigenvalue weighted by atomic mass is 10.1. The Morgan fingerprint density at radius 3 is 2.80 bits per heavy atom. The number of carbonyl (C=O) groups is 1. The molecule has 110 valence electrons. The minimum Gasteiger partial charge on any atom is -0.493 e. The van der Waals surface area contributed by atoms with Gasteiger partial charge in [-0.05, 0) is 25.5 Å². The second kappa shape index (κ2) is 6.20. The highest BCUT2D eigenvalue weighted by Crippen LogP contribution is 2.26. The van der Waals surface area contributed by atoms with Crippen LogP contribution < -0.4 is 4.74 Å². The Morgan fingerprint density at radius 2 is 2.20 bits per heavy atom. The van der Waals surface area contributed by atoms with Gasteiger partial charge in [-0.15, -0.1) is 0 Å². The third kappa shape index (κ3) is 4.01. The molecule has 1 N–H and O–H groups in total. The monoisotopic (exact) mass is 317 g/mol. The zero-order valence-corrected chi connectivity index (χ0v) is 12.7. The Labute approximate surface area is 128 Å². The number of hydrogen-bond donors (Lipinski definition) is 1. The van der Waals surface area contributed by atoms with Crippen molar-refractivity contribution in [1.29, 1.82) is 0 Å². The molecule has 1 fully saturated rings. The SMILES string of the molecule is CC1(O)CCN(C(=O)CCOc2ccc(Cl)c(Cl)c2)C1. The van der Waals surface area contributed by atoms with Crippen molar-refractivity contribution in [3.8, 4) is 5.75 Å². The summed E-state index contributed by atoms with van der Waals surface area (Å²) in [6.45, 7) is 3.00. The number of carbonyl (C=O) groups excluding carboxylic acids is 1. The first-order valence-corrected chi connectivity index (χ1v) is 7.21. The summed E-state index contributed by atoms with van der Waals surface area (Å²) in [5.41, 5.74) is -0.764. The van der Waals surface area contributed by atoms with Crippen molar-refractivity contribution >= 4 is 29.1 Å². The summed E-state index contributed by atoms with van der Waals surface area (Å²) in [5.74, 6) is 0.573. The van der Waals surface area contributed by atoms with Gasteiger partial charge >= 0.3 is 0 Å². The van der Waals surface area contributed by atoms with E-state index in [1.54, 1.807) is 30.0 Å². The van der Waals surface area contributed by atoms with Crippen LogP contribution in [-0.4, -0.2) is 41.2 Å². The van der Waals surface area contributed by atoms with Crippen LogP contribution >= 0.6 is 23.2 Å². The van der Waals surface area contributed by atoms with Crippen molar-refractivity contribution in [2.24, 2.45) is 0 Å². The van der Waals surface area contributed by atoms with E-state index in [1.165, 1.54) is 0 Å². The number of benzene rings is 1. The summed E-state index contributed by atoms with van der Waals surface area (Å²) in [4.78, 5) is 13.6. The maximum absolute atomic E-state index is 11.9. The molecule has 0 aromatic heterocycles.